The Morgan fingerprint density at radius 1 is 1.41 bits per heavy atom. The van der Waals surface area contributed by atoms with Crippen molar-refractivity contribution in [3.8, 4) is 0 Å². The molecule has 0 saturated heterocycles. The highest BCUT2D eigenvalue weighted by molar-refractivity contribution is 6.25. The van der Waals surface area contributed by atoms with Gasteiger partial charge in [0.05, 0.1) is 28.6 Å². The first-order valence-electron chi connectivity index (χ1n) is 6.49. The molecule has 0 saturated carbocycles. The number of rotatable bonds is 2. The van der Waals surface area contributed by atoms with E-state index in [2.05, 4.69) is 10.3 Å². The summed E-state index contributed by atoms with van der Waals surface area (Å²) in [6.07, 6.45) is 1.26. The molecule has 0 fully saturated rings. The lowest BCUT2D eigenvalue weighted by molar-refractivity contribution is -0.384. The normalized spacial score (nSPS) is 20.3. The SMILES string of the molecule is CC1=CC(=O)C(C2=Nc3ccc([N+](=O)[O-])cc3NC2)C(=O)O1. The Bertz CT molecular complexity index is 766. The van der Waals surface area contributed by atoms with E-state index in [4.69, 9.17) is 4.74 Å². The molecule has 8 nitrogen and oxygen atoms in total. The molecule has 1 aromatic rings. The Morgan fingerprint density at radius 2 is 2.18 bits per heavy atom. The number of carbonyl (C=O) groups excluding carboxylic acids is 2. The zero-order valence-corrected chi connectivity index (χ0v) is 11.5. The molecule has 0 aliphatic carbocycles. The number of nitro groups is 1. The topological polar surface area (TPSA) is 111 Å². The summed E-state index contributed by atoms with van der Waals surface area (Å²) in [5.74, 6) is -1.85. The van der Waals surface area contributed by atoms with Crippen LogP contribution in [-0.4, -0.2) is 28.9 Å². The fraction of sp³-hybridized carbons (Fsp3) is 0.214. The lowest BCUT2D eigenvalue weighted by Crippen LogP contribution is -2.39. The van der Waals surface area contributed by atoms with Crippen molar-refractivity contribution in [1.82, 2.24) is 0 Å². The third kappa shape index (κ3) is 2.34. The summed E-state index contributed by atoms with van der Waals surface area (Å²) in [6.45, 7) is 1.67. The zero-order valence-electron chi connectivity index (χ0n) is 11.5. The van der Waals surface area contributed by atoms with Crippen LogP contribution in [0.3, 0.4) is 0 Å². The maximum absolute atomic E-state index is 12.0. The molecule has 8 heteroatoms. The van der Waals surface area contributed by atoms with Crippen LogP contribution in [0.4, 0.5) is 17.1 Å². The van der Waals surface area contributed by atoms with Gasteiger partial charge in [0.25, 0.3) is 5.69 Å². The highest BCUT2D eigenvalue weighted by Gasteiger charge is 2.36. The number of ketones is 1. The van der Waals surface area contributed by atoms with Gasteiger partial charge in [-0.05, 0) is 13.0 Å². The monoisotopic (exact) mass is 301 g/mol. The zero-order chi connectivity index (χ0) is 15.9. The van der Waals surface area contributed by atoms with Crippen LogP contribution in [0.2, 0.25) is 0 Å². The van der Waals surface area contributed by atoms with Crippen molar-refractivity contribution in [2.24, 2.45) is 10.9 Å². The fourth-order valence-corrected chi connectivity index (χ4v) is 2.37. The van der Waals surface area contributed by atoms with E-state index in [1.807, 2.05) is 0 Å². The summed E-state index contributed by atoms with van der Waals surface area (Å²) in [6, 6.07) is 4.15. The number of esters is 1. The number of nitro benzene ring substituents is 1. The maximum atomic E-state index is 12.0. The number of cyclic esters (lactones) is 1. The smallest absolute Gasteiger partial charge is 0.327 e. The highest BCUT2D eigenvalue weighted by Crippen LogP contribution is 2.33. The number of nitrogens with zero attached hydrogens (tertiary/aromatic N) is 2. The molecule has 22 heavy (non-hydrogen) atoms. The molecule has 3 rings (SSSR count). The van der Waals surface area contributed by atoms with Crippen molar-refractivity contribution < 1.29 is 19.2 Å². The van der Waals surface area contributed by atoms with Crippen LogP contribution in [0.1, 0.15) is 6.92 Å². The number of allylic oxidation sites excluding steroid dienone is 2. The molecule has 1 unspecified atom stereocenters. The fourth-order valence-electron chi connectivity index (χ4n) is 2.37. The third-order valence-corrected chi connectivity index (χ3v) is 3.38. The Labute approximate surface area is 124 Å². The number of carbonyl (C=O) groups is 2. The lowest BCUT2D eigenvalue weighted by atomic mass is 9.94. The third-order valence-electron chi connectivity index (χ3n) is 3.38. The number of aliphatic imine (C=N–C) groups is 1. The van der Waals surface area contributed by atoms with Gasteiger partial charge in [0, 0.05) is 18.2 Å². The molecule has 2 heterocycles. The van der Waals surface area contributed by atoms with Gasteiger partial charge in [0.1, 0.15) is 5.76 Å². The molecule has 0 amide bonds. The lowest BCUT2D eigenvalue weighted by Gasteiger charge is -2.24. The number of anilines is 1. The first-order chi connectivity index (χ1) is 10.5. The van der Waals surface area contributed by atoms with Crippen LogP contribution in [0.5, 0.6) is 0 Å². The van der Waals surface area contributed by atoms with Gasteiger partial charge in [-0.3, -0.25) is 24.7 Å². The van der Waals surface area contributed by atoms with Crippen molar-refractivity contribution >= 4 is 34.5 Å². The van der Waals surface area contributed by atoms with E-state index in [9.17, 15) is 19.7 Å². The van der Waals surface area contributed by atoms with Crippen molar-refractivity contribution in [3.63, 3.8) is 0 Å². The average molecular weight is 301 g/mol. The Hall–Kier alpha value is -3.03. The summed E-state index contributed by atoms with van der Waals surface area (Å²) in [7, 11) is 0. The quantitative estimate of drug-likeness (QED) is 0.385. The van der Waals surface area contributed by atoms with Crippen LogP contribution in [0, 0.1) is 16.0 Å². The van der Waals surface area contributed by atoms with E-state index >= 15 is 0 Å². The number of non-ortho nitro benzene ring substituents is 1. The van der Waals surface area contributed by atoms with E-state index < -0.39 is 16.8 Å². The molecule has 0 aromatic heterocycles. The average Bonchev–Trinajstić information content (AvgIpc) is 2.45. The molecule has 1 aromatic carbocycles. The van der Waals surface area contributed by atoms with Crippen LogP contribution in [0.15, 0.2) is 35.0 Å². The second kappa shape index (κ2) is 5.06. The van der Waals surface area contributed by atoms with E-state index in [-0.39, 0.29) is 23.8 Å². The number of nitrogens with one attached hydrogen (secondary N) is 1. The molecule has 1 N–H and O–H groups in total. The molecule has 0 bridgehead atoms. The number of benzene rings is 1. The van der Waals surface area contributed by atoms with E-state index in [0.29, 0.717) is 17.1 Å². The van der Waals surface area contributed by atoms with E-state index in [0.717, 1.165) is 0 Å². The summed E-state index contributed by atoms with van der Waals surface area (Å²) in [4.78, 5) is 38.4. The first kappa shape index (κ1) is 13.9. The van der Waals surface area contributed by atoms with Gasteiger partial charge < -0.3 is 10.1 Å². The van der Waals surface area contributed by atoms with Crippen LogP contribution >= 0.6 is 0 Å². The molecule has 1 atom stereocenters. The molecule has 2 aliphatic rings. The van der Waals surface area contributed by atoms with Crippen molar-refractivity contribution in [1.29, 1.82) is 0 Å². The van der Waals surface area contributed by atoms with Gasteiger partial charge in [0.2, 0.25) is 0 Å². The predicted molar refractivity (Wildman–Crippen MR) is 77.0 cm³/mol. The van der Waals surface area contributed by atoms with Gasteiger partial charge >= 0.3 is 5.97 Å². The summed E-state index contributed by atoms with van der Waals surface area (Å²) in [5, 5.41) is 13.7. The Balaban J connectivity index is 1.96. The molecular formula is C14H11N3O5. The molecule has 2 aliphatic heterocycles. The summed E-state index contributed by atoms with van der Waals surface area (Å²) >= 11 is 0. The minimum absolute atomic E-state index is 0.0587. The number of ether oxygens (including phenoxy) is 1. The second-order valence-corrected chi connectivity index (χ2v) is 4.93. The van der Waals surface area contributed by atoms with Gasteiger partial charge in [-0.2, -0.15) is 0 Å². The Morgan fingerprint density at radius 3 is 2.86 bits per heavy atom. The minimum Gasteiger partial charge on any atom is -0.430 e. The number of fused-ring (bicyclic) bond motifs is 1. The van der Waals surface area contributed by atoms with Crippen molar-refractivity contribution in [2.45, 2.75) is 6.92 Å². The van der Waals surface area contributed by atoms with Crippen LogP contribution in [-0.2, 0) is 14.3 Å². The number of hydrogen-bond donors (Lipinski definition) is 1. The summed E-state index contributed by atoms with van der Waals surface area (Å²) in [5.41, 5.74) is 1.21. The van der Waals surface area contributed by atoms with Crippen LogP contribution in [0.25, 0.3) is 0 Å². The predicted octanol–water partition coefficient (Wildman–Crippen LogP) is 1.74. The molecular weight excluding hydrogens is 290 g/mol. The molecule has 0 spiro atoms. The van der Waals surface area contributed by atoms with E-state index in [1.54, 1.807) is 0 Å². The van der Waals surface area contributed by atoms with Gasteiger partial charge in [-0.15, -0.1) is 0 Å². The van der Waals surface area contributed by atoms with Crippen LogP contribution < -0.4 is 5.32 Å². The van der Waals surface area contributed by atoms with E-state index in [1.165, 1.54) is 31.2 Å². The molecule has 112 valence electrons. The van der Waals surface area contributed by atoms with Crippen molar-refractivity contribution in [3.05, 3.63) is 40.1 Å². The Kier molecular flexibility index (Phi) is 3.21. The van der Waals surface area contributed by atoms with Gasteiger partial charge in [-0.1, -0.05) is 0 Å². The minimum atomic E-state index is -1.07. The maximum Gasteiger partial charge on any atom is 0.327 e. The summed E-state index contributed by atoms with van der Waals surface area (Å²) < 4.78 is 4.96. The van der Waals surface area contributed by atoms with Gasteiger partial charge in [0.15, 0.2) is 11.7 Å². The molecule has 0 radical (unpaired) electrons. The standard InChI is InChI=1S/C14H11N3O5/c1-7-4-12(18)13(14(19)22-7)11-6-15-10-5-8(17(20)21)2-3-9(10)16-11/h2-5,13,15H,6H2,1H3. The first-order valence-corrected chi connectivity index (χ1v) is 6.49. The highest BCUT2D eigenvalue weighted by atomic mass is 16.6. The van der Waals surface area contributed by atoms with Crippen molar-refractivity contribution in [2.75, 3.05) is 11.9 Å². The number of hydrogen-bond acceptors (Lipinski definition) is 7. The second-order valence-electron chi connectivity index (χ2n) is 4.93. The van der Waals surface area contributed by atoms with Gasteiger partial charge in [-0.25, -0.2) is 0 Å². The largest absolute Gasteiger partial charge is 0.430 e.